The van der Waals surface area contributed by atoms with Gasteiger partial charge < -0.3 is 9.64 Å². The van der Waals surface area contributed by atoms with Gasteiger partial charge in [0.25, 0.3) is 0 Å². The van der Waals surface area contributed by atoms with Crippen molar-refractivity contribution in [3.63, 3.8) is 0 Å². The van der Waals surface area contributed by atoms with Crippen LogP contribution in [0.2, 0.25) is 0 Å². The summed E-state index contributed by atoms with van der Waals surface area (Å²) in [5.74, 6) is 0. The molecule has 0 bridgehead atoms. The highest BCUT2D eigenvalue weighted by Crippen LogP contribution is 2.26. The molecule has 1 fully saturated rings. The van der Waals surface area contributed by atoms with Crippen LogP contribution in [0, 0.1) is 11.3 Å². The van der Waals surface area contributed by atoms with E-state index in [2.05, 4.69) is 33.8 Å². The van der Waals surface area contributed by atoms with Crippen molar-refractivity contribution >= 4 is 21.6 Å². The number of morpholine rings is 1. The Morgan fingerprint density at radius 2 is 2.38 bits per heavy atom. The van der Waals surface area contributed by atoms with E-state index in [4.69, 9.17) is 10.00 Å². The number of nitrogens with zero attached hydrogens (tertiary/aromatic N) is 2. The fourth-order valence-electron chi connectivity index (χ4n) is 1.90. The first kappa shape index (κ1) is 11.4. The van der Waals surface area contributed by atoms with Crippen LogP contribution in [0.5, 0.6) is 0 Å². The maximum absolute atomic E-state index is 9.08. The quantitative estimate of drug-likeness (QED) is 0.793. The Morgan fingerprint density at radius 3 is 3.06 bits per heavy atom. The fraction of sp³-hybridized carbons (Fsp3) is 0.417. The van der Waals surface area contributed by atoms with E-state index >= 15 is 0 Å². The zero-order valence-corrected chi connectivity index (χ0v) is 10.7. The van der Waals surface area contributed by atoms with Gasteiger partial charge in [-0.1, -0.05) is 15.9 Å². The van der Waals surface area contributed by atoms with Gasteiger partial charge in [0, 0.05) is 17.6 Å². The molecule has 1 saturated heterocycles. The molecule has 1 aromatic carbocycles. The summed E-state index contributed by atoms with van der Waals surface area (Å²) in [6, 6.07) is 7.97. The number of hydrogen-bond acceptors (Lipinski definition) is 3. The molecule has 0 aliphatic carbocycles. The molecule has 0 spiro atoms. The summed E-state index contributed by atoms with van der Waals surface area (Å²) in [6.45, 7) is 4.45. The Balaban J connectivity index is 2.31. The second-order valence-corrected chi connectivity index (χ2v) is 4.82. The van der Waals surface area contributed by atoms with Crippen molar-refractivity contribution in [3.8, 4) is 6.07 Å². The maximum atomic E-state index is 9.08. The van der Waals surface area contributed by atoms with Crippen molar-refractivity contribution in [1.29, 1.82) is 5.26 Å². The van der Waals surface area contributed by atoms with Gasteiger partial charge in [0.15, 0.2) is 0 Å². The predicted molar refractivity (Wildman–Crippen MR) is 66.5 cm³/mol. The Bertz CT molecular complexity index is 428. The minimum Gasteiger partial charge on any atom is -0.375 e. The predicted octanol–water partition coefficient (Wildman–Crippen LogP) is 2.55. The Labute approximate surface area is 104 Å². The summed E-state index contributed by atoms with van der Waals surface area (Å²) >= 11 is 3.44. The highest BCUT2D eigenvalue weighted by molar-refractivity contribution is 9.10. The van der Waals surface area contributed by atoms with Crippen LogP contribution >= 0.6 is 15.9 Å². The average Bonchev–Trinajstić information content (AvgIpc) is 2.29. The van der Waals surface area contributed by atoms with Crippen LogP contribution in [-0.2, 0) is 4.74 Å². The molecule has 1 aliphatic heterocycles. The van der Waals surface area contributed by atoms with E-state index < -0.39 is 0 Å². The van der Waals surface area contributed by atoms with E-state index in [-0.39, 0.29) is 6.10 Å². The number of anilines is 1. The number of nitriles is 1. The van der Waals surface area contributed by atoms with Crippen molar-refractivity contribution < 1.29 is 4.74 Å². The Morgan fingerprint density at radius 1 is 1.56 bits per heavy atom. The molecule has 0 amide bonds. The minimum atomic E-state index is 0.222. The second-order valence-electron chi connectivity index (χ2n) is 3.90. The zero-order chi connectivity index (χ0) is 11.5. The molecule has 84 valence electrons. The zero-order valence-electron chi connectivity index (χ0n) is 9.11. The van der Waals surface area contributed by atoms with Crippen molar-refractivity contribution in [2.24, 2.45) is 0 Å². The molecule has 3 nitrogen and oxygen atoms in total. The maximum Gasteiger partial charge on any atom is 0.101 e. The van der Waals surface area contributed by atoms with Gasteiger partial charge in [-0.15, -0.1) is 0 Å². The normalized spacial score (nSPS) is 20.6. The van der Waals surface area contributed by atoms with E-state index in [1.807, 2.05) is 18.2 Å². The van der Waals surface area contributed by atoms with Gasteiger partial charge >= 0.3 is 0 Å². The van der Waals surface area contributed by atoms with Gasteiger partial charge in [-0.3, -0.25) is 0 Å². The van der Waals surface area contributed by atoms with Gasteiger partial charge in [0.2, 0.25) is 0 Å². The van der Waals surface area contributed by atoms with Gasteiger partial charge in [0.05, 0.1) is 24.0 Å². The lowest BCUT2D eigenvalue weighted by molar-refractivity contribution is 0.0532. The molecule has 0 saturated carbocycles. The number of halogens is 1. The molecule has 0 N–H and O–H groups in total. The van der Waals surface area contributed by atoms with Crippen LogP contribution in [0.3, 0.4) is 0 Å². The molecular weight excluding hydrogens is 268 g/mol. The summed E-state index contributed by atoms with van der Waals surface area (Å²) in [7, 11) is 0. The number of rotatable bonds is 1. The van der Waals surface area contributed by atoms with E-state index in [9.17, 15) is 0 Å². The lowest BCUT2D eigenvalue weighted by Crippen LogP contribution is -2.41. The first-order valence-corrected chi connectivity index (χ1v) is 6.06. The molecule has 16 heavy (non-hydrogen) atoms. The minimum absolute atomic E-state index is 0.222. The molecule has 1 unspecified atom stereocenters. The molecule has 0 radical (unpaired) electrons. The molecular formula is C12H13BrN2O. The van der Waals surface area contributed by atoms with E-state index in [0.29, 0.717) is 0 Å². The Kier molecular flexibility index (Phi) is 3.47. The van der Waals surface area contributed by atoms with Crippen molar-refractivity contribution in [2.75, 3.05) is 24.6 Å². The molecule has 1 aromatic rings. The summed E-state index contributed by atoms with van der Waals surface area (Å²) in [4.78, 5) is 2.21. The average molecular weight is 281 g/mol. The summed E-state index contributed by atoms with van der Waals surface area (Å²) in [5, 5.41) is 9.08. The SMILES string of the molecule is CC1CN(c2cc(Br)ccc2C#N)CCO1. The van der Waals surface area contributed by atoms with Crippen LogP contribution in [-0.4, -0.2) is 25.8 Å². The number of hydrogen-bond donors (Lipinski definition) is 0. The number of ether oxygens (including phenoxy) is 1. The van der Waals surface area contributed by atoms with E-state index in [1.165, 1.54) is 0 Å². The molecule has 1 heterocycles. The smallest absolute Gasteiger partial charge is 0.101 e. The van der Waals surface area contributed by atoms with Crippen LogP contribution in [0.1, 0.15) is 12.5 Å². The standard InChI is InChI=1S/C12H13BrN2O/c1-9-8-15(4-5-16-9)12-6-11(13)3-2-10(12)7-14/h2-3,6,9H,4-5,8H2,1H3. The van der Waals surface area contributed by atoms with Gasteiger partial charge in [-0.25, -0.2) is 0 Å². The topological polar surface area (TPSA) is 36.3 Å². The molecule has 4 heteroatoms. The van der Waals surface area contributed by atoms with Crippen molar-refractivity contribution in [1.82, 2.24) is 0 Å². The number of benzene rings is 1. The molecule has 1 atom stereocenters. The summed E-state index contributed by atoms with van der Waals surface area (Å²) in [5.41, 5.74) is 1.71. The van der Waals surface area contributed by atoms with Gasteiger partial charge in [-0.05, 0) is 25.1 Å². The molecule has 1 aliphatic rings. The van der Waals surface area contributed by atoms with E-state index in [0.717, 1.165) is 35.4 Å². The van der Waals surface area contributed by atoms with Gasteiger partial charge in [-0.2, -0.15) is 5.26 Å². The largest absolute Gasteiger partial charge is 0.375 e. The first-order chi connectivity index (χ1) is 7.70. The van der Waals surface area contributed by atoms with Crippen LogP contribution in [0.15, 0.2) is 22.7 Å². The van der Waals surface area contributed by atoms with Crippen LogP contribution < -0.4 is 4.90 Å². The lowest BCUT2D eigenvalue weighted by atomic mass is 10.1. The third-order valence-electron chi connectivity index (χ3n) is 2.66. The third kappa shape index (κ3) is 2.37. The van der Waals surface area contributed by atoms with Crippen molar-refractivity contribution in [3.05, 3.63) is 28.2 Å². The highest BCUT2D eigenvalue weighted by Gasteiger charge is 2.19. The first-order valence-electron chi connectivity index (χ1n) is 5.27. The van der Waals surface area contributed by atoms with Crippen LogP contribution in [0.25, 0.3) is 0 Å². The summed E-state index contributed by atoms with van der Waals surface area (Å²) < 4.78 is 6.50. The summed E-state index contributed by atoms with van der Waals surface area (Å²) in [6.07, 6.45) is 0.222. The van der Waals surface area contributed by atoms with Crippen molar-refractivity contribution in [2.45, 2.75) is 13.0 Å². The Hall–Kier alpha value is -1.05. The molecule has 0 aromatic heterocycles. The third-order valence-corrected chi connectivity index (χ3v) is 3.16. The highest BCUT2D eigenvalue weighted by atomic mass is 79.9. The monoisotopic (exact) mass is 280 g/mol. The van der Waals surface area contributed by atoms with Gasteiger partial charge in [0.1, 0.15) is 6.07 Å². The fourth-order valence-corrected chi connectivity index (χ4v) is 2.25. The lowest BCUT2D eigenvalue weighted by Gasteiger charge is -2.33. The second kappa shape index (κ2) is 4.86. The van der Waals surface area contributed by atoms with Crippen LogP contribution in [0.4, 0.5) is 5.69 Å². The molecule has 2 rings (SSSR count). The van der Waals surface area contributed by atoms with E-state index in [1.54, 1.807) is 0 Å².